The van der Waals surface area contributed by atoms with Crippen molar-refractivity contribution in [1.82, 2.24) is 19.8 Å². The lowest BCUT2D eigenvalue weighted by Gasteiger charge is -2.10. The van der Waals surface area contributed by atoms with E-state index in [4.69, 9.17) is 16.4 Å². The van der Waals surface area contributed by atoms with Gasteiger partial charge in [0, 0.05) is 23.6 Å². The Morgan fingerprint density at radius 2 is 2.00 bits per heavy atom. The number of oxime groups is 1. The van der Waals surface area contributed by atoms with Crippen LogP contribution >= 0.6 is 11.6 Å². The molecule has 150 valence electrons. The van der Waals surface area contributed by atoms with Gasteiger partial charge in [0.2, 0.25) is 0 Å². The summed E-state index contributed by atoms with van der Waals surface area (Å²) in [6.45, 7) is 4.21. The molecule has 3 aromatic rings. The fourth-order valence-electron chi connectivity index (χ4n) is 3.54. The fraction of sp³-hybridized carbons (Fsp3) is 0.333. The molecule has 8 heteroatoms. The highest BCUT2D eigenvalue weighted by atomic mass is 35.5. The summed E-state index contributed by atoms with van der Waals surface area (Å²) in [6, 6.07) is 13.7. The normalized spacial score (nSPS) is 18.7. The minimum Gasteiger partial charge on any atom is -0.391 e. The van der Waals surface area contributed by atoms with E-state index in [1.54, 1.807) is 7.05 Å². The maximum atomic E-state index is 12.2. The Labute approximate surface area is 173 Å². The topological polar surface area (TPSA) is 74.3 Å². The van der Waals surface area contributed by atoms with Crippen LogP contribution in [-0.4, -0.2) is 25.5 Å². The molecule has 4 rings (SSSR count). The molecule has 7 nitrogen and oxygen atoms in total. The number of rotatable bonds is 6. The van der Waals surface area contributed by atoms with E-state index in [1.807, 2.05) is 44.2 Å². The fourth-order valence-corrected chi connectivity index (χ4v) is 3.67. The Kier molecular flexibility index (Phi) is 5.24. The molecule has 2 unspecified atom stereocenters. The van der Waals surface area contributed by atoms with E-state index in [0.29, 0.717) is 17.5 Å². The lowest BCUT2D eigenvalue weighted by atomic mass is 10.1. The molecule has 1 fully saturated rings. The number of tetrazole rings is 1. The zero-order chi connectivity index (χ0) is 20.5. The molecule has 0 N–H and O–H groups in total. The molecule has 2 aromatic carbocycles. The number of benzene rings is 2. The van der Waals surface area contributed by atoms with Crippen molar-refractivity contribution in [3.05, 3.63) is 74.7 Å². The molecule has 0 bridgehead atoms. The Balaban J connectivity index is 1.47. The van der Waals surface area contributed by atoms with Crippen LogP contribution in [0.15, 0.2) is 52.4 Å². The quantitative estimate of drug-likeness (QED) is 0.458. The smallest absolute Gasteiger partial charge is 0.368 e. The van der Waals surface area contributed by atoms with Crippen molar-refractivity contribution in [2.45, 2.75) is 32.8 Å². The molecule has 1 heterocycles. The zero-order valence-corrected chi connectivity index (χ0v) is 17.3. The van der Waals surface area contributed by atoms with E-state index in [1.165, 1.54) is 14.9 Å². The summed E-state index contributed by atoms with van der Waals surface area (Å²) >= 11 is 5.97. The number of halogens is 1. The van der Waals surface area contributed by atoms with Crippen LogP contribution in [0.3, 0.4) is 0 Å². The van der Waals surface area contributed by atoms with Gasteiger partial charge in [-0.05, 0) is 65.9 Å². The predicted octanol–water partition coefficient (Wildman–Crippen LogP) is 3.62. The molecule has 1 aliphatic carbocycles. The van der Waals surface area contributed by atoms with Crippen LogP contribution in [0.4, 0.5) is 0 Å². The predicted molar refractivity (Wildman–Crippen MR) is 112 cm³/mol. The summed E-state index contributed by atoms with van der Waals surface area (Å²) < 4.78 is 2.47. The third-order valence-corrected chi connectivity index (χ3v) is 5.63. The first-order chi connectivity index (χ1) is 14.0. The van der Waals surface area contributed by atoms with E-state index in [-0.39, 0.29) is 12.3 Å². The van der Waals surface area contributed by atoms with Crippen molar-refractivity contribution in [2.75, 3.05) is 0 Å². The SMILES string of the molecule is C/C(=N/OCc1c(C)cccc1-n1nnn(C)c1=O)C1CC1c1ccc(Cl)cc1. The van der Waals surface area contributed by atoms with E-state index in [0.717, 1.165) is 28.3 Å². The first kappa shape index (κ1) is 19.4. The van der Waals surface area contributed by atoms with Crippen molar-refractivity contribution < 1.29 is 4.84 Å². The number of aryl methyl sites for hydroxylation is 2. The number of hydrogen-bond donors (Lipinski definition) is 0. The second kappa shape index (κ2) is 7.83. The van der Waals surface area contributed by atoms with Crippen molar-refractivity contribution in [3.63, 3.8) is 0 Å². The van der Waals surface area contributed by atoms with E-state index >= 15 is 0 Å². The van der Waals surface area contributed by atoms with Crippen LogP contribution < -0.4 is 5.69 Å². The maximum absolute atomic E-state index is 12.2. The summed E-state index contributed by atoms with van der Waals surface area (Å²) in [6.07, 6.45) is 1.06. The second-order valence-electron chi connectivity index (χ2n) is 7.38. The van der Waals surface area contributed by atoms with Gasteiger partial charge in [0.05, 0.1) is 11.4 Å². The van der Waals surface area contributed by atoms with Gasteiger partial charge in [-0.1, -0.05) is 41.0 Å². The average molecular weight is 412 g/mol. The molecular formula is C21H22ClN5O2. The number of nitrogens with zero attached hydrogens (tertiary/aromatic N) is 5. The largest absolute Gasteiger partial charge is 0.391 e. The molecule has 0 spiro atoms. The molecule has 1 aliphatic rings. The Bertz CT molecular complexity index is 1120. The van der Waals surface area contributed by atoms with Gasteiger partial charge in [-0.25, -0.2) is 4.79 Å². The average Bonchev–Trinajstić information content (AvgIpc) is 3.44. The molecule has 0 saturated heterocycles. The zero-order valence-electron chi connectivity index (χ0n) is 16.5. The third kappa shape index (κ3) is 3.96. The van der Waals surface area contributed by atoms with Crippen LogP contribution in [0.1, 0.15) is 36.0 Å². The van der Waals surface area contributed by atoms with Gasteiger partial charge in [-0.3, -0.25) is 0 Å². The summed E-state index contributed by atoms with van der Waals surface area (Å²) in [5, 5.41) is 12.8. The Morgan fingerprint density at radius 1 is 1.24 bits per heavy atom. The Hall–Kier alpha value is -2.93. The summed E-state index contributed by atoms with van der Waals surface area (Å²) in [5.74, 6) is 0.849. The lowest BCUT2D eigenvalue weighted by molar-refractivity contribution is 0.129. The molecule has 2 atom stereocenters. The molecular weight excluding hydrogens is 390 g/mol. The van der Waals surface area contributed by atoms with Crippen LogP contribution in [-0.2, 0) is 18.5 Å². The lowest BCUT2D eigenvalue weighted by Crippen LogP contribution is -2.23. The minimum absolute atomic E-state index is 0.251. The minimum atomic E-state index is -0.305. The highest BCUT2D eigenvalue weighted by Gasteiger charge is 2.40. The van der Waals surface area contributed by atoms with Gasteiger partial charge in [-0.15, -0.1) is 0 Å². The van der Waals surface area contributed by atoms with Crippen LogP contribution in [0.2, 0.25) is 5.02 Å². The summed E-state index contributed by atoms with van der Waals surface area (Å²) in [4.78, 5) is 17.9. The van der Waals surface area contributed by atoms with Gasteiger partial charge < -0.3 is 4.84 Å². The van der Waals surface area contributed by atoms with Crippen molar-refractivity contribution in [3.8, 4) is 5.69 Å². The molecule has 0 aliphatic heterocycles. The van der Waals surface area contributed by atoms with E-state index in [2.05, 4.69) is 27.7 Å². The highest BCUT2D eigenvalue weighted by molar-refractivity contribution is 6.30. The third-order valence-electron chi connectivity index (χ3n) is 5.38. The van der Waals surface area contributed by atoms with Gasteiger partial charge >= 0.3 is 5.69 Å². The first-order valence-electron chi connectivity index (χ1n) is 9.45. The summed E-state index contributed by atoms with van der Waals surface area (Å²) in [5.41, 5.74) is 4.45. The van der Waals surface area contributed by atoms with Crippen molar-refractivity contribution in [1.29, 1.82) is 0 Å². The molecule has 29 heavy (non-hydrogen) atoms. The molecule has 1 saturated carbocycles. The number of hydrogen-bond acceptors (Lipinski definition) is 5. The molecule has 0 radical (unpaired) electrons. The van der Waals surface area contributed by atoms with Gasteiger partial charge in [0.1, 0.15) is 6.61 Å². The summed E-state index contributed by atoms with van der Waals surface area (Å²) in [7, 11) is 1.57. The monoisotopic (exact) mass is 411 g/mol. The van der Waals surface area contributed by atoms with Crippen molar-refractivity contribution >= 4 is 17.3 Å². The second-order valence-corrected chi connectivity index (χ2v) is 7.81. The van der Waals surface area contributed by atoms with Gasteiger partial charge in [0.25, 0.3) is 0 Å². The molecule has 1 aromatic heterocycles. The van der Waals surface area contributed by atoms with Crippen molar-refractivity contribution in [2.24, 2.45) is 18.1 Å². The Morgan fingerprint density at radius 3 is 2.69 bits per heavy atom. The van der Waals surface area contributed by atoms with Gasteiger partial charge in [-0.2, -0.15) is 9.36 Å². The van der Waals surface area contributed by atoms with E-state index in [9.17, 15) is 4.79 Å². The van der Waals surface area contributed by atoms with E-state index < -0.39 is 0 Å². The van der Waals surface area contributed by atoms with Crippen LogP contribution in [0.25, 0.3) is 5.69 Å². The van der Waals surface area contributed by atoms with Crippen LogP contribution in [0, 0.1) is 12.8 Å². The van der Waals surface area contributed by atoms with Crippen LogP contribution in [0.5, 0.6) is 0 Å². The standard InChI is InChI=1S/C21H22ClN5O2/c1-13-5-4-6-20(27-21(28)26(3)24-25-27)19(13)12-29-23-14(2)17-11-18(17)15-7-9-16(22)10-8-15/h4-10,17-18H,11-12H2,1-3H3/b23-14-. The highest BCUT2D eigenvalue weighted by Crippen LogP contribution is 2.48. The van der Waals surface area contributed by atoms with Gasteiger partial charge in [0.15, 0.2) is 0 Å². The first-order valence-corrected chi connectivity index (χ1v) is 9.83. The number of aromatic nitrogens is 4. The molecule has 0 amide bonds. The maximum Gasteiger partial charge on any atom is 0.368 e.